The van der Waals surface area contributed by atoms with Crippen LogP contribution in [0.2, 0.25) is 0 Å². The molecule has 0 aliphatic heterocycles. The van der Waals surface area contributed by atoms with Crippen molar-refractivity contribution in [1.29, 1.82) is 0 Å². The van der Waals surface area contributed by atoms with E-state index in [0.29, 0.717) is 11.8 Å². The summed E-state index contributed by atoms with van der Waals surface area (Å²) in [7, 11) is 0. The molecule has 0 bridgehead atoms. The minimum absolute atomic E-state index is 0.605. The second-order valence-corrected chi connectivity index (χ2v) is 5.02. The van der Waals surface area contributed by atoms with Crippen LogP contribution in [0.25, 0.3) is 5.65 Å². The Kier molecular flexibility index (Phi) is 3.19. The average Bonchev–Trinajstić information content (AvgIpc) is 3.04. The Bertz CT molecular complexity index is 522. The van der Waals surface area contributed by atoms with Crippen molar-refractivity contribution in [2.45, 2.75) is 19.3 Å². The Morgan fingerprint density at radius 3 is 3.11 bits per heavy atom. The second kappa shape index (κ2) is 4.98. The molecule has 0 amide bonds. The fourth-order valence-electron chi connectivity index (χ4n) is 2.87. The van der Waals surface area contributed by atoms with Gasteiger partial charge in [-0.25, -0.2) is 4.98 Å². The monoisotopic (exact) mass is 245 g/mol. The van der Waals surface area contributed by atoms with Gasteiger partial charge in [0.1, 0.15) is 5.65 Å². The fourth-order valence-corrected chi connectivity index (χ4v) is 2.87. The third-order valence-corrected chi connectivity index (χ3v) is 3.96. The van der Waals surface area contributed by atoms with E-state index in [1.54, 1.807) is 6.20 Å². The van der Waals surface area contributed by atoms with Gasteiger partial charge in [0, 0.05) is 12.4 Å². The van der Waals surface area contributed by atoms with Crippen molar-refractivity contribution in [1.82, 2.24) is 9.38 Å². The van der Waals surface area contributed by atoms with E-state index < -0.39 is 0 Å². The first-order valence-corrected chi connectivity index (χ1v) is 6.63. The van der Waals surface area contributed by atoms with Gasteiger partial charge in [-0.15, -0.1) is 0 Å². The number of rotatable bonds is 4. The summed E-state index contributed by atoms with van der Waals surface area (Å²) in [4.78, 5) is 4.25. The van der Waals surface area contributed by atoms with Gasteiger partial charge in [-0.2, -0.15) is 0 Å². The Morgan fingerprint density at radius 1 is 1.33 bits per heavy atom. The van der Waals surface area contributed by atoms with Crippen molar-refractivity contribution < 1.29 is 4.74 Å². The van der Waals surface area contributed by atoms with Crippen molar-refractivity contribution in [3.8, 4) is 5.88 Å². The summed E-state index contributed by atoms with van der Waals surface area (Å²) in [6.45, 7) is 1.54. The number of hydrogen-bond acceptors (Lipinski definition) is 3. The van der Waals surface area contributed by atoms with Crippen LogP contribution in [0, 0.1) is 11.8 Å². The number of pyridine rings is 1. The molecule has 1 saturated carbocycles. The first-order valence-electron chi connectivity index (χ1n) is 6.63. The summed E-state index contributed by atoms with van der Waals surface area (Å²) < 4.78 is 7.94. The third-order valence-electron chi connectivity index (χ3n) is 3.96. The van der Waals surface area contributed by atoms with Crippen LogP contribution in [0.4, 0.5) is 0 Å². The highest BCUT2D eigenvalue weighted by atomic mass is 16.5. The predicted molar refractivity (Wildman–Crippen MR) is 70.6 cm³/mol. The highest BCUT2D eigenvalue weighted by molar-refractivity contribution is 5.41. The summed E-state index contributed by atoms with van der Waals surface area (Å²) in [5.74, 6) is 2.11. The van der Waals surface area contributed by atoms with E-state index in [0.717, 1.165) is 24.7 Å². The minimum Gasteiger partial charge on any atom is -0.478 e. The van der Waals surface area contributed by atoms with Crippen LogP contribution in [0.1, 0.15) is 19.3 Å². The van der Waals surface area contributed by atoms with Crippen LogP contribution in [0.5, 0.6) is 5.88 Å². The standard InChI is InChI=1S/C14H19N3O/c15-9-11-3-1-4-12(11)10-18-14-6-2-5-13-16-7-8-17(13)14/h2,5-8,11-12H,1,3-4,9-10,15H2. The molecular formula is C14H19N3O. The molecule has 18 heavy (non-hydrogen) atoms. The van der Waals surface area contributed by atoms with E-state index >= 15 is 0 Å². The minimum atomic E-state index is 0.605. The van der Waals surface area contributed by atoms with E-state index in [2.05, 4.69) is 4.98 Å². The molecule has 3 rings (SSSR count). The molecule has 1 aliphatic carbocycles. The summed E-state index contributed by atoms with van der Waals surface area (Å²) in [5, 5.41) is 0. The first-order chi connectivity index (χ1) is 8.88. The molecule has 2 aromatic heterocycles. The number of imidazole rings is 1. The molecule has 1 fully saturated rings. The predicted octanol–water partition coefficient (Wildman–Crippen LogP) is 2.09. The van der Waals surface area contributed by atoms with E-state index in [4.69, 9.17) is 10.5 Å². The molecule has 4 nitrogen and oxygen atoms in total. The molecule has 2 heterocycles. The number of fused-ring (bicyclic) bond motifs is 1. The maximum absolute atomic E-state index is 5.96. The fraction of sp³-hybridized carbons (Fsp3) is 0.500. The Balaban J connectivity index is 1.71. The zero-order valence-electron chi connectivity index (χ0n) is 10.5. The Labute approximate surface area is 107 Å². The molecule has 0 saturated heterocycles. The van der Waals surface area contributed by atoms with E-state index in [1.165, 1.54) is 19.3 Å². The van der Waals surface area contributed by atoms with Crippen LogP contribution in [0.15, 0.2) is 30.6 Å². The highest BCUT2D eigenvalue weighted by Crippen LogP contribution is 2.31. The number of nitrogens with zero attached hydrogens (tertiary/aromatic N) is 2. The molecule has 2 atom stereocenters. The quantitative estimate of drug-likeness (QED) is 0.897. The summed E-state index contributed by atoms with van der Waals surface area (Å²) >= 11 is 0. The first kappa shape index (κ1) is 11.5. The summed E-state index contributed by atoms with van der Waals surface area (Å²) in [6, 6.07) is 5.94. The van der Waals surface area contributed by atoms with Crippen molar-refractivity contribution in [3.63, 3.8) is 0 Å². The molecule has 0 aromatic carbocycles. The SMILES string of the molecule is NCC1CCCC1COc1cccc2nccn12. The lowest BCUT2D eigenvalue weighted by molar-refractivity contribution is 0.208. The lowest BCUT2D eigenvalue weighted by Crippen LogP contribution is -2.23. The third kappa shape index (κ3) is 2.08. The van der Waals surface area contributed by atoms with Crippen LogP contribution >= 0.6 is 0 Å². The number of aromatic nitrogens is 2. The topological polar surface area (TPSA) is 52.5 Å². The highest BCUT2D eigenvalue weighted by Gasteiger charge is 2.26. The molecule has 4 heteroatoms. The lowest BCUT2D eigenvalue weighted by Gasteiger charge is -2.18. The van der Waals surface area contributed by atoms with Gasteiger partial charge >= 0.3 is 0 Å². The normalized spacial score (nSPS) is 23.6. The van der Waals surface area contributed by atoms with Gasteiger partial charge in [0.2, 0.25) is 0 Å². The van der Waals surface area contributed by atoms with Gasteiger partial charge in [-0.1, -0.05) is 12.5 Å². The lowest BCUT2D eigenvalue weighted by atomic mass is 9.97. The molecule has 1 aliphatic rings. The van der Waals surface area contributed by atoms with Crippen LogP contribution in [-0.4, -0.2) is 22.5 Å². The van der Waals surface area contributed by atoms with E-state index in [9.17, 15) is 0 Å². The van der Waals surface area contributed by atoms with Crippen molar-refractivity contribution in [2.24, 2.45) is 17.6 Å². The average molecular weight is 245 g/mol. The molecular weight excluding hydrogens is 226 g/mol. The van der Waals surface area contributed by atoms with Crippen LogP contribution in [-0.2, 0) is 0 Å². The number of nitrogens with two attached hydrogens (primary N) is 1. The Hall–Kier alpha value is -1.55. The summed E-state index contributed by atoms with van der Waals surface area (Å²) in [6.07, 6.45) is 7.49. The molecule has 0 spiro atoms. The van der Waals surface area contributed by atoms with Crippen molar-refractivity contribution in [3.05, 3.63) is 30.6 Å². The van der Waals surface area contributed by atoms with Crippen molar-refractivity contribution >= 4 is 5.65 Å². The van der Waals surface area contributed by atoms with E-state index in [-0.39, 0.29) is 0 Å². The Morgan fingerprint density at radius 2 is 2.22 bits per heavy atom. The van der Waals surface area contributed by atoms with Crippen LogP contribution < -0.4 is 10.5 Å². The zero-order valence-corrected chi connectivity index (χ0v) is 10.5. The molecule has 2 N–H and O–H groups in total. The van der Waals surface area contributed by atoms with Crippen LogP contribution in [0.3, 0.4) is 0 Å². The summed E-state index contributed by atoms with van der Waals surface area (Å²) in [5.41, 5.74) is 6.72. The molecule has 0 radical (unpaired) electrons. The van der Waals surface area contributed by atoms with Gasteiger partial charge in [0.15, 0.2) is 5.88 Å². The smallest absolute Gasteiger partial charge is 0.199 e. The number of ether oxygens (including phenoxy) is 1. The molecule has 96 valence electrons. The largest absolute Gasteiger partial charge is 0.478 e. The zero-order chi connectivity index (χ0) is 12.4. The maximum atomic E-state index is 5.96. The molecule has 2 unspecified atom stereocenters. The second-order valence-electron chi connectivity index (χ2n) is 5.02. The van der Waals surface area contributed by atoms with Gasteiger partial charge < -0.3 is 10.5 Å². The molecule has 2 aromatic rings. The van der Waals surface area contributed by atoms with Gasteiger partial charge in [0.05, 0.1) is 6.61 Å². The number of hydrogen-bond donors (Lipinski definition) is 1. The van der Waals surface area contributed by atoms with Gasteiger partial charge in [-0.3, -0.25) is 4.40 Å². The van der Waals surface area contributed by atoms with Gasteiger partial charge in [-0.05, 0) is 43.4 Å². The van der Waals surface area contributed by atoms with Gasteiger partial charge in [0.25, 0.3) is 0 Å². The van der Waals surface area contributed by atoms with E-state index in [1.807, 2.05) is 28.8 Å². The van der Waals surface area contributed by atoms with Crippen molar-refractivity contribution in [2.75, 3.05) is 13.2 Å². The maximum Gasteiger partial charge on any atom is 0.199 e.